The zero-order chi connectivity index (χ0) is 11.9. The van der Waals surface area contributed by atoms with Crippen LogP contribution >= 0.6 is 0 Å². The molecule has 0 unspecified atom stereocenters. The number of nitrogens with zero attached hydrogens (tertiary/aromatic N) is 3. The van der Waals surface area contributed by atoms with Gasteiger partial charge in [-0.05, 0) is 13.8 Å². The lowest BCUT2D eigenvalue weighted by Crippen LogP contribution is -2.19. The molecule has 2 rings (SSSR count). The molecule has 0 saturated carbocycles. The van der Waals surface area contributed by atoms with Crippen molar-refractivity contribution in [3.63, 3.8) is 0 Å². The SMILES string of the molecule is CC(C)c1ncc2[nH]c(=O)n(C(C)C)c2n1. The molecule has 0 spiro atoms. The number of hydrogen-bond donors (Lipinski definition) is 1. The molecule has 1 N–H and O–H groups in total. The highest BCUT2D eigenvalue weighted by molar-refractivity contribution is 5.69. The fourth-order valence-electron chi connectivity index (χ4n) is 1.69. The summed E-state index contributed by atoms with van der Waals surface area (Å²) in [5.74, 6) is 1.02. The van der Waals surface area contributed by atoms with Gasteiger partial charge >= 0.3 is 5.69 Å². The number of aromatic amines is 1. The van der Waals surface area contributed by atoms with Gasteiger partial charge in [0.2, 0.25) is 0 Å². The predicted octanol–water partition coefficient (Wildman–Crippen LogP) is 1.82. The Morgan fingerprint density at radius 1 is 1.31 bits per heavy atom. The van der Waals surface area contributed by atoms with Gasteiger partial charge in [-0.1, -0.05) is 13.8 Å². The van der Waals surface area contributed by atoms with E-state index < -0.39 is 0 Å². The molecule has 2 heterocycles. The largest absolute Gasteiger partial charge is 0.327 e. The average molecular weight is 220 g/mol. The van der Waals surface area contributed by atoms with E-state index in [1.807, 2.05) is 27.7 Å². The summed E-state index contributed by atoms with van der Waals surface area (Å²) in [7, 11) is 0. The molecule has 0 radical (unpaired) electrons. The Morgan fingerprint density at radius 3 is 2.56 bits per heavy atom. The number of nitrogens with one attached hydrogen (secondary N) is 1. The van der Waals surface area contributed by atoms with Crippen LogP contribution in [0.2, 0.25) is 0 Å². The first kappa shape index (κ1) is 10.9. The standard InChI is InChI=1S/C11H16N4O/c1-6(2)9-12-5-8-10(14-9)15(7(3)4)11(16)13-8/h5-7H,1-4H3,(H,13,16). The third-order valence-corrected chi connectivity index (χ3v) is 2.51. The Morgan fingerprint density at radius 2 is 2.00 bits per heavy atom. The molecule has 0 aromatic carbocycles. The van der Waals surface area contributed by atoms with Gasteiger partial charge in [-0.15, -0.1) is 0 Å². The summed E-state index contributed by atoms with van der Waals surface area (Å²) < 4.78 is 1.66. The van der Waals surface area contributed by atoms with Gasteiger partial charge < -0.3 is 4.98 Å². The zero-order valence-electron chi connectivity index (χ0n) is 9.98. The topological polar surface area (TPSA) is 63.6 Å². The van der Waals surface area contributed by atoms with Crippen molar-refractivity contribution in [1.82, 2.24) is 19.5 Å². The van der Waals surface area contributed by atoms with Gasteiger partial charge in [0, 0.05) is 12.0 Å². The molecule has 2 aromatic heterocycles. The molecule has 86 valence electrons. The monoisotopic (exact) mass is 220 g/mol. The smallest absolute Gasteiger partial charge is 0.303 e. The second kappa shape index (κ2) is 3.73. The number of hydrogen-bond acceptors (Lipinski definition) is 3. The summed E-state index contributed by atoms with van der Waals surface area (Å²) in [6.07, 6.45) is 1.68. The quantitative estimate of drug-likeness (QED) is 0.839. The van der Waals surface area contributed by atoms with E-state index in [0.717, 1.165) is 5.82 Å². The van der Waals surface area contributed by atoms with Crippen LogP contribution in [-0.4, -0.2) is 19.5 Å². The van der Waals surface area contributed by atoms with Crippen molar-refractivity contribution in [2.45, 2.75) is 39.7 Å². The lowest BCUT2D eigenvalue weighted by atomic mass is 10.2. The van der Waals surface area contributed by atoms with Gasteiger partial charge in [0.05, 0.1) is 6.20 Å². The molecule has 0 atom stereocenters. The van der Waals surface area contributed by atoms with E-state index in [4.69, 9.17) is 0 Å². The molecule has 0 bridgehead atoms. The summed E-state index contributed by atoms with van der Waals surface area (Å²) in [5, 5.41) is 0. The molecule has 16 heavy (non-hydrogen) atoms. The van der Waals surface area contributed by atoms with Crippen molar-refractivity contribution in [3.8, 4) is 0 Å². The molecule has 0 amide bonds. The highest BCUT2D eigenvalue weighted by Gasteiger charge is 2.13. The molecule has 0 saturated heterocycles. The number of imidazole rings is 1. The maximum Gasteiger partial charge on any atom is 0.327 e. The normalized spacial score (nSPS) is 11.9. The maximum atomic E-state index is 11.7. The van der Waals surface area contributed by atoms with Crippen LogP contribution in [0.15, 0.2) is 11.0 Å². The van der Waals surface area contributed by atoms with E-state index in [1.165, 1.54) is 0 Å². The minimum absolute atomic E-state index is 0.0937. The minimum Gasteiger partial charge on any atom is -0.303 e. The van der Waals surface area contributed by atoms with E-state index in [0.29, 0.717) is 11.2 Å². The summed E-state index contributed by atoms with van der Waals surface area (Å²) >= 11 is 0. The average Bonchev–Trinajstić information content (AvgIpc) is 2.51. The second-order valence-corrected chi connectivity index (χ2v) is 4.51. The van der Waals surface area contributed by atoms with Crippen LogP contribution in [-0.2, 0) is 0 Å². The van der Waals surface area contributed by atoms with Gasteiger partial charge in [-0.25, -0.2) is 14.8 Å². The number of fused-ring (bicyclic) bond motifs is 1. The minimum atomic E-state index is -0.125. The van der Waals surface area contributed by atoms with Gasteiger partial charge in [-0.3, -0.25) is 4.57 Å². The zero-order valence-corrected chi connectivity index (χ0v) is 9.98. The van der Waals surface area contributed by atoms with Gasteiger partial charge in [0.25, 0.3) is 0 Å². The summed E-state index contributed by atoms with van der Waals surface area (Å²) in [5.41, 5.74) is 1.27. The van der Waals surface area contributed by atoms with Crippen molar-refractivity contribution in [3.05, 3.63) is 22.5 Å². The van der Waals surface area contributed by atoms with E-state index in [9.17, 15) is 4.79 Å². The molecule has 5 nitrogen and oxygen atoms in total. The van der Waals surface area contributed by atoms with E-state index in [2.05, 4.69) is 15.0 Å². The summed E-state index contributed by atoms with van der Waals surface area (Å²) in [6.45, 7) is 7.99. The Hall–Kier alpha value is -1.65. The predicted molar refractivity (Wildman–Crippen MR) is 62.6 cm³/mol. The van der Waals surface area contributed by atoms with Crippen LogP contribution in [0, 0.1) is 0 Å². The van der Waals surface area contributed by atoms with Crippen molar-refractivity contribution < 1.29 is 0 Å². The van der Waals surface area contributed by atoms with Crippen molar-refractivity contribution in [2.75, 3.05) is 0 Å². The fraction of sp³-hybridized carbons (Fsp3) is 0.545. The molecule has 2 aromatic rings. The molecule has 0 aliphatic heterocycles. The van der Waals surface area contributed by atoms with E-state index in [1.54, 1.807) is 10.8 Å². The Labute approximate surface area is 93.5 Å². The van der Waals surface area contributed by atoms with Gasteiger partial charge in [0.15, 0.2) is 5.65 Å². The van der Waals surface area contributed by atoms with Crippen LogP contribution in [0.5, 0.6) is 0 Å². The van der Waals surface area contributed by atoms with Crippen LogP contribution in [0.4, 0.5) is 0 Å². The number of H-pyrrole nitrogens is 1. The highest BCUT2D eigenvalue weighted by atomic mass is 16.1. The molecule has 0 aliphatic carbocycles. The second-order valence-electron chi connectivity index (χ2n) is 4.51. The fourth-order valence-corrected chi connectivity index (χ4v) is 1.69. The van der Waals surface area contributed by atoms with E-state index >= 15 is 0 Å². The van der Waals surface area contributed by atoms with Crippen molar-refractivity contribution in [2.24, 2.45) is 0 Å². The molecule has 0 aliphatic rings. The summed E-state index contributed by atoms with van der Waals surface area (Å²) in [4.78, 5) is 23.1. The first-order chi connectivity index (χ1) is 7.50. The number of aromatic nitrogens is 4. The van der Waals surface area contributed by atoms with Gasteiger partial charge in [0.1, 0.15) is 11.3 Å². The van der Waals surface area contributed by atoms with Crippen LogP contribution in [0.3, 0.4) is 0 Å². The molecular formula is C11H16N4O. The molecule has 5 heteroatoms. The van der Waals surface area contributed by atoms with E-state index in [-0.39, 0.29) is 17.6 Å². The number of rotatable bonds is 2. The Bertz CT molecular complexity index is 565. The Balaban J connectivity index is 2.75. The third-order valence-electron chi connectivity index (χ3n) is 2.51. The van der Waals surface area contributed by atoms with Crippen LogP contribution in [0.25, 0.3) is 11.2 Å². The Kier molecular flexibility index (Phi) is 2.53. The lowest BCUT2D eigenvalue weighted by molar-refractivity contribution is 0.591. The van der Waals surface area contributed by atoms with Gasteiger partial charge in [-0.2, -0.15) is 0 Å². The van der Waals surface area contributed by atoms with Crippen molar-refractivity contribution >= 4 is 11.2 Å². The molecule has 0 fully saturated rings. The first-order valence-electron chi connectivity index (χ1n) is 5.48. The third kappa shape index (κ3) is 1.62. The maximum absolute atomic E-state index is 11.7. The highest BCUT2D eigenvalue weighted by Crippen LogP contribution is 2.15. The van der Waals surface area contributed by atoms with Crippen LogP contribution < -0.4 is 5.69 Å². The summed E-state index contributed by atoms with van der Waals surface area (Å²) in [6, 6.07) is 0.0937. The van der Waals surface area contributed by atoms with Crippen LogP contribution in [0.1, 0.15) is 45.5 Å². The first-order valence-corrected chi connectivity index (χ1v) is 5.48. The van der Waals surface area contributed by atoms with Crippen molar-refractivity contribution in [1.29, 1.82) is 0 Å². The molecular weight excluding hydrogens is 204 g/mol. The lowest BCUT2D eigenvalue weighted by Gasteiger charge is -2.07.